The van der Waals surface area contributed by atoms with E-state index in [0.717, 1.165) is 19.4 Å². The van der Waals surface area contributed by atoms with E-state index in [4.69, 9.17) is 5.73 Å². The van der Waals surface area contributed by atoms with Gasteiger partial charge in [0.25, 0.3) is 0 Å². The fourth-order valence-corrected chi connectivity index (χ4v) is 2.91. The van der Waals surface area contributed by atoms with Gasteiger partial charge in [0, 0.05) is 13.6 Å². The molecule has 1 fully saturated rings. The number of likely N-dealkylation sites (tertiary alicyclic amines) is 1. The number of hydrogen-bond acceptors (Lipinski definition) is 5. The van der Waals surface area contributed by atoms with Crippen molar-refractivity contribution in [3.8, 4) is 0 Å². The van der Waals surface area contributed by atoms with Crippen molar-refractivity contribution in [1.29, 1.82) is 0 Å². The number of nitrogens with zero attached hydrogens (tertiary/aromatic N) is 4. The number of β-amino-alcohol motifs (C(OH)–C–C–N with tert-alkyl or cyclic N) is 1. The molecule has 1 aliphatic heterocycles. The maximum Gasteiger partial charge on any atom is 0.218 e. The van der Waals surface area contributed by atoms with Gasteiger partial charge < -0.3 is 10.8 Å². The summed E-state index contributed by atoms with van der Waals surface area (Å²) in [6, 6.07) is 6.02. The molecule has 0 aliphatic carbocycles. The molecule has 3 N–H and O–H groups in total. The first-order valence-electron chi connectivity index (χ1n) is 7.38. The van der Waals surface area contributed by atoms with E-state index in [0.29, 0.717) is 23.9 Å². The Morgan fingerprint density at radius 1 is 1.41 bits per heavy atom. The second kappa shape index (κ2) is 6.02. The van der Waals surface area contributed by atoms with Crippen LogP contribution in [0.25, 0.3) is 0 Å². The molecule has 0 saturated carbocycles. The monoisotopic (exact) mass is 305 g/mol. The van der Waals surface area contributed by atoms with Crippen molar-refractivity contribution < 1.29 is 9.50 Å². The molecule has 0 spiro atoms. The van der Waals surface area contributed by atoms with Crippen LogP contribution in [-0.2, 0) is 7.05 Å². The van der Waals surface area contributed by atoms with E-state index < -0.39 is 6.10 Å². The molecule has 2 aromatic rings. The van der Waals surface area contributed by atoms with Gasteiger partial charge in [0.1, 0.15) is 5.82 Å². The lowest BCUT2D eigenvalue weighted by molar-refractivity contribution is 0.104. The first-order chi connectivity index (χ1) is 10.5. The molecular formula is C15H20FN5O. The summed E-state index contributed by atoms with van der Waals surface area (Å²) in [4.78, 5) is 6.45. The lowest BCUT2D eigenvalue weighted by Gasteiger charge is -2.25. The number of hydrogen-bond donors (Lipinski definition) is 2. The predicted octanol–water partition coefficient (Wildman–Crippen LogP) is 1.41. The van der Waals surface area contributed by atoms with Gasteiger partial charge in [0.2, 0.25) is 5.95 Å². The predicted molar refractivity (Wildman–Crippen MR) is 80.3 cm³/mol. The van der Waals surface area contributed by atoms with E-state index in [1.165, 1.54) is 12.1 Å². The molecule has 2 atom stereocenters. The third-order valence-electron chi connectivity index (χ3n) is 4.14. The largest absolute Gasteiger partial charge is 0.387 e. The van der Waals surface area contributed by atoms with E-state index in [1.807, 2.05) is 0 Å². The molecule has 6 nitrogen and oxygen atoms in total. The van der Waals surface area contributed by atoms with Crippen LogP contribution in [0.2, 0.25) is 0 Å². The summed E-state index contributed by atoms with van der Waals surface area (Å²) in [5.41, 5.74) is 6.45. The summed E-state index contributed by atoms with van der Waals surface area (Å²) >= 11 is 0. The molecule has 22 heavy (non-hydrogen) atoms. The summed E-state index contributed by atoms with van der Waals surface area (Å²) in [5, 5.41) is 14.7. The van der Waals surface area contributed by atoms with Gasteiger partial charge in [-0.25, -0.2) is 9.07 Å². The minimum atomic E-state index is -0.665. The van der Waals surface area contributed by atoms with Crippen LogP contribution in [0.4, 0.5) is 10.3 Å². The number of rotatable bonds is 4. The smallest absolute Gasteiger partial charge is 0.218 e. The molecule has 1 saturated heterocycles. The van der Waals surface area contributed by atoms with Gasteiger partial charge in [-0.1, -0.05) is 12.1 Å². The Labute approximate surface area is 128 Å². The van der Waals surface area contributed by atoms with Crippen LogP contribution in [0.1, 0.15) is 36.4 Å². The standard InChI is InChI=1S/C15H20FN5O/c1-20-15(17)18-14(19-20)12-3-2-8-21(12)9-13(22)10-4-6-11(16)7-5-10/h4-7,12-13,22H,2-3,8-9H2,1H3,(H2,17,18,19). The molecule has 3 rings (SSSR count). The van der Waals surface area contributed by atoms with Crippen LogP contribution in [0.3, 0.4) is 0 Å². The molecule has 0 radical (unpaired) electrons. The molecule has 0 amide bonds. The van der Waals surface area contributed by atoms with Crippen molar-refractivity contribution in [3.05, 3.63) is 41.5 Å². The van der Waals surface area contributed by atoms with Crippen LogP contribution in [0.15, 0.2) is 24.3 Å². The SMILES string of the molecule is Cn1nc(C2CCCN2CC(O)c2ccc(F)cc2)nc1N. The number of anilines is 1. The van der Waals surface area contributed by atoms with Gasteiger partial charge in [-0.15, -0.1) is 0 Å². The highest BCUT2D eigenvalue weighted by Gasteiger charge is 2.31. The fraction of sp³-hybridized carbons (Fsp3) is 0.467. The second-order valence-electron chi connectivity index (χ2n) is 5.67. The summed E-state index contributed by atoms with van der Waals surface area (Å²) in [6.07, 6.45) is 1.31. The van der Waals surface area contributed by atoms with Crippen LogP contribution in [0, 0.1) is 5.82 Å². The maximum atomic E-state index is 13.0. The summed E-state index contributed by atoms with van der Waals surface area (Å²) in [6.45, 7) is 1.34. The van der Waals surface area contributed by atoms with Crippen molar-refractivity contribution in [3.63, 3.8) is 0 Å². The van der Waals surface area contributed by atoms with Crippen molar-refractivity contribution in [2.24, 2.45) is 7.05 Å². The molecule has 1 aliphatic rings. The Kier molecular flexibility index (Phi) is 4.08. The quantitative estimate of drug-likeness (QED) is 0.892. The zero-order valence-electron chi connectivity index (χ0n) is 12.5. The summed E-state index contributed by atoms with van der Waals surface area (Å²) in [7, 11) is 1.76. The van der Waals surface area contributed by atoms with Gasteiger partial charge in [0.05, 0.1) is 12.1 Å². The van der Waals surface area contributed by atoms with E-state index >= 15 is 0 Å². The second-order valence-corrected chi connectivity index (χ2v) is 5.67. The third kappa shape index (κ3) is 2.95. The molecular weight excluding hydrogens is 285 g/mol. The number of halogens is 1. The number of aliphatic hydroxyl groups is 1. The van der Waals surface area contributed by atoms with Crippen LogP contribution in [0.5, 0.6) is 0 Å². The van der Waals surface area contributed by atoms with Crippen LogP contribution >= 0.6 is 0 Å². The number of benzene rings is 1. The first-order valence-corrected chi connectivity index (χ1v) is 7.38. The normalized spacial score (nSPS) is 20.4. The maximum absolute atomic E-state index is 13.0. The van der Waals surface area contributed by atoms with Gasteiger partial charge in [-0.05, 0) is 37.1 Å². The highest BCUT2D eigenvalue weighted by atomic mass is 19.1. The lowest BCUT2D eigenvalue weighted by Crippen LogP contribution is -2.29. The van der Waals surface area contributed by atoms with Gasteiger partial charge >= 0.3 is 0 Å². The number of aryl methyl sites for hydroxylation is 1. The highest BCUT2D eigenvalue weighted by Crippen LogP contribution is 2.32. The van der Waals surface area contributed by atoms with E-state index in [2.05, 4.69) is 15.0 Å². The number of nitrogen functional groups attached to an aromatic ring is 1. The van der Waals surface area contributed by atoms with Crippen molar-refractivity contribution >= 4 is 5.95 Å². The minimum Gasteiger partial charge on any atom is -0.387 e. The zero-order chi connectivity index (χ0) is 15.7. The summed E-state index contributed by atoms with van der Waals surface area (Å²) < 4.78 is 14.5. The molecule has 2 unspecified atom stereocenters. The fourth-order valence-electron chi connectivity index (χ4n) is 2.91. The van der Waals surface area contributed by atoms with Crippen molar-refractivity contribution in [2.75, 3.05) is 18.8 Å². The summed E-state index contributed by atoms with van der Waals surface area (Å²) in [5.74, 6) is 0.785. The third-order valence-corrected chi connectivity index (χ3v) is 4.14. The number of nitrogens with two attached hydrogens (primary N) is 1. The van der Waals surface area contributed by atoms with E-state index in [-0.39, 0.29) is 11.9 Å². The Morgan fingerprint density at radius 3 is 2.77 bits per heavy atom. The van der Waals surface area contributed by atoms with Gasteiger partial charge in [-0.3, -0.25) is 4.90 Å². The Hall–Kier alpha value is -1.99. The molecule has 2 heterocycles. The Morgan fingerprint density at radius 2 is 2.14 bits per heavy atom. The Bertz CT molecular complexity index is 622. The lowest BCUT2D eigenvalue weighted by atomic mass is 10.1. The molecule has 0 bridgehead atoms. The average Bonchev–Trinajstić information content (AvgIpc) is 3.07. The average molecular weight is 305 g/mol. The molecule has 1 aromatic carbocycles. The topological polar surface area (TPSA) is 80.2 Å². The van der Waals surface area contributed by atoms with Gasteiger partial charge in [0.15, 0.2) is 5.82 Å². The Balaban J connectivity index is 1.72. The number of aromatic nitrogens is 3. The first kappa shape index (κ1) is 14.9. The van der Waals surface area contributed by atoms with Gasteiger partial charge in [-0.2, -0.15) is 10.1 Å². The van der Waals surface area contributed by atoms with Crippen LogP contribution < -0.4 is 5.73 Å². The van der Waals surface area contributed by atoms with Crippen molar-refractivity contribution in [2.45, 2.75) is 25.0 Å². The zero-order valence-corrected chi connectivity index (χ0v) is 12.5. The minimum absolute atomic E-state index is 0.0681. The molecule has 7 heteroatoms. The number of aliphatic hydroxyl groups excluding tert-OH is 1. The molecule has 1 aromatic heterocycles. The van der Waals surface area contributed by atoms with Crippen molar-refractivity contribution in [1.82, 2.24) is 19.7 Å². The van der Waals surface area contributed by atoms with E-state index in [9.17, 15) is 9.50 Å². The molecule has 118 valence electrons. The van der Waals surface area contributed by atoms with Crippen LogP contribution in [-0.4, -0.2) is 37.9 Å². The van der Waals surface area contributed by atoms with E-state index in [1.54, 1.807) is 23.9 Å². The highest BCUT2D eigenvalue weighted by molar-refractivity contribution is 5.20.